The van der Waals surface area contributed by atoms with Gasteiger partial charge in [-0.2, -0.15) is 0 Å². The molecule has 2 heterocycles. The highest BCUT2D eigenvalue weighted by atomic mass is 16.3. The van der Waals surface area contributed by atoms with Crippen molar-refractivity contribution >= 4 is 54.6 Å². The van der Waals surface area contributed by atoms with E-state index in [4.69, 9.17) is 8.83 Å². The fourth-order valence-electron chi connectivity index (χ4n) is 5.66. The van der Waals surface area contributed by atoms with Crippen molar-refractivity contribution in [1.29, 1.82) is 0 Å². The summed E-state index contributed by atoms with van der Waals surface area (Å²) >= 11 is 0. The lowest BCUT2D eigenvalue weighted by molar-refractivity contribution is 0.668. The highest BCUT2D eigenvalue weighted by molar-refractivity contribution is 6.19. The average molecular weight is 475 g/mol. The first kappa shape index (κ1) is 20.4. The van der Waals surface area contributed by atoms with Crippen LogP contribution in [-0.2, 0) is 6.42 Å². The Morgan fingerprint density at radius 3 is 1.97 bits per heavy atom. The lowest BCUT2D eigenvalue weighted by atomic mass is 9.97. The highest BCUT2D eigenvalue weighted by Gasteiger charge is 2.12. The minimum absolute atomic E-state index is 0.882. The molecule has 6 aromatic carbocycles. The molecule has 0 fully saturated rings. The van der Waals surface area contributed by atoms with Crippen LogP contribution >= 0.6 is 0 Å². The van der Waals surface area contributed by atoms with Crippen molar-refractivity contribution in [3.63, 3.8) is 0 Å². The number of rotatable bonds is 3. The molecule has 0 N–H and O–H groups in total. The number of para-hydroxylation sites is 1. The zero-order chi connectivity index (χ0) is 24.3. The molecule has 0 bridgehead atoms. The summed E-state index contributed by atoms with van der Waals surface area (Å²) in [4.78, 5) is 0. The zero-order valence-corrected chi connectivity index (χ0v) is 20.1. The van der Waals surface area contributed by atoms with Crippen LogP contribution in [0.1, 0.15) is 11.1 Å². The third-order valence-corrected chi connectivity index (χ3v) is 7.50. The van der Waals surface area contributed by atoms with Gasteiger partial charge in [0.1, 0.15) is 22.3 Å². The molecule has 0 aliphatic carbocycles. The van der Waals surface area contributed by atoms with Gasteiger partial charge in [-0.15, -0.1) is 0 Å². The molecule has 0 unspecified atom stereocenters. The molecule has 0 spiro atoms. The van der Waals surface area contributed by atoms with E-state index in [0.29, 0.717) is 0 Å². The predicted molar refractivity (Wildman–Crippen MR) is 153 cm³/mol. The van der Waals surface area contributed by atoms with Crippen LogP contribution in [0.5, 0.6) is 0 Å². The Hall–Kier alpha value is -4.82. The van der Waals surface area contributed by atoms with Crippen molar-refractivity contribution in [2.24, 2.45) is 0 Å². The van der Waals surface area contributed by atoms with Gasteiger partial charge in [0, 0.05) is 21.5 Å². The topological polar surface area (TPSA) is 26.3 Å². The maximum Gasteiger partial charge on any atom is 0.136 e. The molecule has 37 heavy (non-hydrogen) atoms. The van der Waals surface area contributed by atoms with Crippen LogP contribution in [0.2, 0.25) is 0 Å². The largest absolute Gasteiger partial charge is 0.456 e. The molecule has 0 amide bonds. The fourth-order valence-corrected chi connectivity index (χ4v) is 5.66. The van der Waals surface area contributed by atoms with E-state index < -0.39 is 0 Å². The van der Waals surface area contributed by atoms with Crippen molar-refractivity contribution < 1.29 is 8.83 Å². The molecule has 0 saturated carbocycles. The van der Waals surface area contributed by atoms with E-state index in [0.717, 1.165) is 34.1 Å². The van der Waals surface area contributed by atoms with E-state index in [1.807, 2.05) is 12.1 Å². The van der Waals surface area contributed by atoms with Gasteiger partial charge in [-0.1, -0.05) is 84.9 Å². The Kier molecular flexibility index (Phi) is 4.32. The Morgan fingerprint density at radius 2 is 1.05 bits per heavy atom. The third kappa shape index (κ3) is 3.26. The van der Waals surface area contributed by atoms with Gasteiger partial charge in [0.25, 0.3) is 0 Å². The van der Waals surface area contributed by atoms with E-state index >= 15 is 0 Å². The first-order chi connectivity index (χ1) is 18.3. The van der Waals surface area contributed by atoms with Gasteiger partial charge in [0.15, 0.2) is 0 Å². The summed E-state index contributed by atoms with van der Waals surface area (Å²) in [6.07, 6.45) is 0.882. The number of benzene rings is 6. The summed E-state index contributed by atoms with van der Waals surface area (Å²) in [5.74, 6) is 0. The molecule has 174 valence electrons. The summed E-state index contributed by atoms with van der Waals surface area (Å²) in [7, 11) is 0. The molecule has 0 aliphatic rings. The van der Waals surface area contributed by atoms with Gasteiger partial charge in [-0.05, 0) is 75.8 Å². The molecule has 0 atom stereocenters. The number of fused-ring (bicyclic) bond motifs is 8. The van der Waals surface area contributed by atoms with Gasteiger partial charge in [0.2, 0.25) is 0 Å². The van der Waals surface area contributed by atoms with E-state index in [-0.39, 0.29) is 0 Å². The van der Waals surface area contributed by atoms with Crippen molar-refractivity contribution in [3.05, 3.63) is 132 Å². The van der Waals surface area contributed by atoms with Gasteiger partial charge in [-0.3, -0.25) is 0 Å². The van der Waals surface area contributed by atoms with Crippen LogP contribution in [0.4, 0.5) is 0 Å². The molecule has 2 aromatic heterocycles. The molecule has 2 heteroatoms. The first-order valence-corrected chi connectivity index (χ1v) is 12.6. The van der Waals surface area contributed by atoms with E-state index in [1.165, 1.54) is 49.2 Å². The van der Waals surface area contributed by atoms with Crippen molar-refractivity contribution in [2.75, 3.05) is 0 Å². The predicted octanol–water partition coefficient (Wildman–Crippen LogP) is 9.90. The van der Waals surface area contributed by atoms with Crippen molar-refractivity contribution in [2.45, 2.75) is 6.42 Å². The van der Waals surface area contributed by atoms with Crippen LogP contribution in [0.3, 0.4) is 0 Å². The molecular formula is C35H22O2. The lowest BCUT2D eigenvalue weighted by Crippen LogP contribution is -1.88. The van der Waals surface area contributed by atoms with Crippen molar-refractivity contribution in [3.8, 4) is 11.1 Å². The summed E-state index contributed by atoms with van der Waals surface area (Å²) < 4.78 is 12.2. The first-order valence-electron chi connectivity index (χ1n) is 12.6. The van der Waals surface area contributed by atoms with Gasteiger partial charge in [-0.25, -0.2) is 0 Å². The third-order valence-electron chi connectivity index (χ3n) is 7.50. The van der Waals surface area contributed by atoms with E-state index in [2.05, 4.69) is 109 Å². The molecule has 8 aromatic rings. The smallest absolute Gasteiger partial charge is 0.136 e. The second kappa shape index (κ2) is 7.84. The number of hydrogen-bond donors (Lipinski definition) is 0. The maximum atomic E-state index is 6.18. The van der Waals surface area contributed by atoms with E-state index in [1.54, 1.807) is 0 Å². The summed E-state index contributed by atoms with van der Waals surface area (Å²) in [5, 5.41) is 7.16. The standard InChI is InChI=1S/C35H22O2/c1-2-6-27-25(5-1)14-18-34-35(27)30-21-26(15-17-33(30)37-34)24-12-9-22(10-13-24)19-23-11-16-32-29(20-23)28-7-3-4-8-31(28)36-32/h1-18,20-21H,19H2. The minimum Gasteiger partial charge on any atom is -0.456 e. The molecule has 8 rings (SSSR count). The van der Waals surface area contributed by atoms with Crippen LogP contribution in [0, 0.1) is 0 Å². The maximum absolute atomic E-state index is 6.18. The van der Waals surface area contributed by atoms with Gasteiger partial charge < -0.3 is 8.83 Å². The Bertz CT molecular complexity index is 2110. The Balaban J connectivity index is 1.15. The fraction of sp³-hybridized carbons (Fsp3) is 0.0286. The van der Waals surface area contributed by atoms with Crippen LogP contribution < -0.4 is 0 Å². The molecular weight excluding hydrogens is 452 g/mol. The lowest BCUT2D eigenvalue weighted by Gasteiger charge is -2.06. The van der Waals surface area contributed by atoms with E-state index in [9.17, 15) is 0 Å². The van der Waals surface area contributed by atoms with Crippen LogP contribution in [0.15, 0.2) is 130 Å². The zero-order valence-electron chi connectivity index (χ0n) is 20.1. The number of furan rings is 2. The molecule has 2 nitrogen and oxygen atoms in total. The summed E-state index contributed by atoms with van der Waals surface area (Å²) in [6.45, 7) is 0. The number of hydrogen-bond acceptors (Lipinski definition) is 2. The highest BCUT2D eigenvalue weighted by Crippen LogP contribution is 2.37. The van der Waals surface area contributed by atoms with Gasteiger partial charge in [0.05, 0.1) is 0 Å². The average Bonchev–Trinajstić information content (AvgIpc) is 3.51. The SMILES string of the molecule is c1ccc2c(c1)ccc1oc3ccc(-c4ccc(Cc5ccc6oc7ccccc7c6c5)cc4)cc3c12. The Labute approximate surface area is 213 Å². The quantitative estimate of drug-likeness (QED) is 0.255. The second-order valence-corrected chi connectivity index (χ2v) is 9.78. The monoisotopic (exact) mass is 474 g/mol. The van der Waals surface area contributed by atoms with Crippen LogP contribution in [-0.4, -0.2) is 0 Å². The van der Waals surface area contributed by atoms with Crippen molar-refractivity contribution in [1.82, 2.24) is 0 Å². The second-order valence-electron chi connectivity index (χ2n) is 9.78. The minimum atomic E-state index is 0.882. The normalized spacial score (nSPS) is 11.9. The molecule has 0 radical (unpaired) electrons. The molecule has 0 aliphatic heterocycles. The van der Waals surface area contributed by atoms with Crippen LogP contribution in [0.25, 0.3) is 65.8 Å². The summed E-state index contributed by atoms with van der Waals surface area (Å²) in [5.41, 5.74) is 8.71. The Morgan fingerprint density at radius 1 is 0.405 bits per heavy atom. The molecule has 0 saturated heterocycles. The summed E-state index contributed by atoms with van der Waals surface area (Å²) in [6, 6.07) is 42.9. The van der Waals surface area contributed by atoms with Gasteiger partial charge >= 0.3 is 0 Å².